The summed E-state index contributed by atoms with van der Waals surface area (Å²) in [7, 11) is 0. The molecule has 94 valence electrons. The molecule has 18 heavy (non-hydrogen) atoms. The largest absolute Gasteiger partial charge is 0.378 e. The number of benzene rings is 1. The van der Waals surface area contributed by atoms with Crippen LogP contribution in [0.4, 0.5) is 0 Å². The minimum absolute atomic E-state index is 0.188. The van der Waals surface area contributed by atoms with E-state index in [0.717, 1.165) is 16.5 Å². The quantitative estimate of drug-likeness (QED) is 0.871. The molecule has 0 saturated carbocycles. The number of amides is 1. The van der Waals surface area contributed by atoms with E-state index in [4.69, 9.17) is 4.74 Å². The lowest BCUT2D eigenvalue weighted by Gasteiger charge is -2.26. The van der Waals surface area contributed by atoms with Gasteiger partial charge in [-0.25, -0.2) is 0 Å². The first kappa shape index (κ1) is 11.3. The van der Waals surface area contributed by atoms with E-state index in [-0.39, 0.29) is 5.91 Å². The Morgan fingerprint density at radius 1 is 1.28 bits per heavy atom. The van der Waals surface area contributed by atoms with Crippen molar-refractivity contribution in [2.24, 2.45) is 0 Å². The van der Waals surface area contributed by atoms with Crippen molar-refractivity contribution in [2.75, 3.05) is 26.3 Å². The molecular weight excluding hydrogens is 228 g/mol. The lowest BCUT2D eigenvalue weighted by molar-refractivity contribution is -0.134. The predicted octanol–water partition coefficient (Wildman–Crippen LogP) is 1.57. The fraction of sp³-hybridized carbons (Fsp3) is 0.357. The molecule has 0 radical (unpaired) electrons. The molecule has 4 heteroatoms. The molecule has 1 fully saturated rings. The Hall–Kier alpha value is -1.81. The van der Waals surface area contributed by atoms with Gasteiger partial charge in [-0.05, 0) is 29.1 Å². The van der Waals surface area contributed by atoms with E-state index in [1.807, 2.05) is 29.3 Å². The highest BCUT2D eigenvalue weighted by Gasteiger charge is 2.16. The van der Waals surface area contributed by atoms with Crippen molar-refractivity contribution in [3.63, 3.8) is 0 Å². The molecule has 1 aromatic carbocycles. The van der Waals surface area contributed by atoms with Crippen LogP contribution in [-0.2, 0) is 16.0 Å². The van der Waals surface area contributed by atoms with Gasteiger partial charge in [-0.3, -0.25) is 4.79 Å². The van der Waals surface area contributed by atoms with Gasteiger partial charge in [0.15, 0.2) is 0 Å². The number of aromatic nitrogens is 1. The molecule has 1 amide bonds. The second-order valence-corrected chi connectivity index (χ2v) is 4.57. The molecule has 2 aromatic rings. The summed E-state index contributed by atoms with van der Waals surface area (Å²) in [5.74, 6) is 0.188. The Morgan fingerprint density at radius 2 is 2.11 bits per heavy atom. The third-order valence-corrected chi connectivity index (χ3v) is 3.34. The van der Waals surface area contributed by atoms with E-state index in [1.165, 1.54) is 0 Å². The summed E-state index contributed by atoms with van der Waals surface area (Å²) >= 11 is 0. The zero-order chi connectivity index (χ0) is 12.4. The van der Waals surface area contributed by atoms with Crippen LogP contribution in [0.5, 0.6) is 0 Å². The lowest BCUT2D eigenvalue weighted by Crippen LogP contribution is -2.41. The fourth-order valence-corrected chi connectivity index (χ4v) is 2.31. The Balaban J connectivity index is 1.72. The van der Waals surface area contributed by atoms with E-state index < -0.39 is 0 Å². The van der Waals surface area contributed by atoms with Gasteiger partial charge in [0.05, 0.1) is 19.6 Å². The summed E-state index contributed by atoms with van der Waals surface area (Å²) in [6.45, 7) is 2.74. The van der Waals surface area contributed by atoms with Crippen molar-refractivity contribution in [3.8, 4) is 0 Å². The van der Waals surface area contributed by atoms with E-state index in [0.29, 0.717) is 32.7 Å². The molecule has 0 unspecified atom stereocenters. The number of fused-ring (bicyclic) bond motifs is 1. The van der Waals surface area contributed by atoms with Crippen molar-refractivity contribution >= 4 is 16.8 Å². The van der Waals surface area contributed by atoms with Crippen LogP contribution in [0.2, 0.25) is 0 Å². The maximum absolute atomic E-state index is 12.1. The maximum atomic E-state index is 12.1. The van der Waals surface area contributed by atoms with E-state index >= 15 is 0 Å². The van der Waals surface area contributed by atoms with Crippen LogP contribution < -0.4 is 0 Å². The Bertz CT molecular complexity index is 556. The van der Waals surface area contributed by atoms with Crippen molar-refractivity contribution in [2.45, 2.75) is 6.42 Å². The number of morpholine rings is 1. The first-order chi connectivity index (χ1) is 8.83. The van der Waals surface area contributed by atoms with Crippen molar-refractivity contribution in [1.82, 2.24) is 9.88 Å². The number of ether oxygens (including phenoxy) is 1. The number of carbonyl (C=O) groups is 1. The van der Waals surface area contributed by atoms with Crippen LogP contribution in [0.1, 0.15) is 5.56 Å². The van der Waals surface area contributed by atoms with E-state index in [2.05, 4.69) is 11.1 Å². The topological polar surface area (TPSA) is 45.3 Å². The summed E-state index contributed by atoms with van der Waals surface area (Å²) in [5.41, 5.74) is 2.18. The van der Waals surface area contributed by atoms with Gasteiger partial charge in [0, 0.05) is 24.8 Å². The van der Waals surface area contributed by atoms with Crippen molar-refractivity contribution < 1.29 is 9.53 Å². The van der Waals surface area contributed by atoms with E-state index in [1.54, 1.807) is 0 Å². The SMILES string of the molecule is O=C(Cc1ccc2[nH]ccc2c1)N1CCOCC1. The van der Waals surface area contributed by atoms with Crippen molar-refractivity contribution in [3.05, 3.63) is 36.0 Å². The highest BCUT2D eigenvalue weighted by atomic mass is 16.5. The van der Waals surface area contributed by atoms with Crippen LogP contribution >= 0.6 is 0 Å². The van der Waals surface area contributed by atoms with Gasteiger partial charge in [0.2, 0.25) is 5.91 Å². The second-order valence-electron chi connectivity index (χ2n) is 4.57. The number of H-pyrrole nitrogens is 1. The maximum Gasteiger partial charge on any atom is 0.227 e. The standard InChI is InChI=1S/C14H16N2O2/c17-14(16-5-7-18-8-6-16)10-11-1-2-13-12(9-11)3-4-15-13/h1-4,9,15H,5-8,10H2. The number of hydrogen-bond acceptors (Lipinski definition) is 2. The average molecular weight is 244 g/mol. The van der Waals surface area contributed by atoms with Crippen LogP contribution in [0.25, 0.3) is 10.9 Å². The number of aromatic amines is 1. The van der Waals surface area contributed by atoms with Gasteiger partial charge < -0.3 is 14.6 Å². The fourth-order valence-electron chi connectivity index (χ4n) is 2.31. The van der Waals surface area contributed by atoms with Crippen LogP contribution in [0.3, 0.4) is 0 Å². The van der Waals surface area contributed by atoms with Gasteiger partial charge in [-0.1, -0.05) is 6.07 Å². The minimum Gasteiger partial charge on any atom is -0.378 e. The molecule has 1 saturated heterocycles. The summed E-state index contributed by atoms with van der Waals surface area (Å²) in [6, 6.07) is 8.14. The Morgan fingerprint density at radius 3 is 2.94 bits per heavy atom. The third-order valence-electron chi connectivity index (χ3n) is 3.34. The number of nitrogens with zero attached hydrogens (tertiary/aromatic N) is 1. The van der Waals surface area contributed by atoms with Gasteiger partial charge in [-0.15, -0.1) is 0 Å². The van der Waals surface area contributed by atoms with Gasteiger partial charge >= 0.3 is 0 Å². The molecule has 1 aliphatic heterocycles. The van der Waals surface area contributed by atoms with E-state index in [9.17, 15) is 4.79 Å². The highest BCUT2D eigenvalue weighted by molar-refractivity contribution is 5.83. The number of nitrogens with one attached hydrogen (secondary N) is 1. The lowest BCUT2D eigenvalue weighted by atomic mass is 10.1. The molecular formula is C14H16N2O2. The summed E-state index contributed by atoms with van der Waals surface area (Å²) in [5, 5.41) is 1.15. The molecule has 0 aliphatic carbocycles. The van der Waals surface area contributed by atoms with Gasteiger partial charge in [0.1, 0.15) is 0 Å². The molecule has 3 rings (SSSR count). The predicted molar refractivity (Wildman–Crippen MR) is 69.4 cm³/mol. The number of rotatable bonds is 2. The summed E-state index contributed by atoms with van der Waals surface area (Å²) in [6.07, 6.45) is 2.39. The van der Waals surface area contributed by atoms with Crippen LogP contribution in [0, 0.1) is 0 Å². The molecule has 1 aliphatic rings. The Kier molecular flexibility index (Phi) is 3.02. The minimum atomic E-state index is 0.188. The molecule has 1 aromatic heterocycles. The number of hydrogen-bond donors (Lipinski definition) is 1. The normalized spacial score (nSPS) is 16.1. The molecule has 0 atom stereocenters. The molecule has 1 N–H and O–H groups in total. The first-order valence-corrected chi connectivity index (χ1v) is 6.24. The third kappa shape index (κ3) is 2.24. The Labute approximate surface area is 106 Å². The highest BCUT2D eigenvalue weighted by Crippen LogP contribution is 2.15. The average Bonchev–Trinajstić information content (AvgIpc) is 2.87. The monoisotopic (exact) mass is 244 g/mol. The second kappa shape index (κ2) is 4.82. The van der Waals surface area contributed by atoms with Crippen LogP contribution in [0.15, 0.2) is 30.5 Å². The molecule has 0 spiro atoms. The smallest absolute Gasteiger partial charge is 0.227 e. The summed E-state index contributed by atoms with van der Waals surface area (Å²) < 4.78 is 5.25. The first-order valence-electron chi connectivity index (χ1n) is 6.24. The number of carbonyl (C=O) groups excluding carboxylic acids is 1. The molecule has 4 nitrogen and oxygen atoms in total. The van der Waals surface area contributed by atoms with Crippen LogP contribution in [-0.4, -0.2) is 42.1 Å². The van der Waals surface area contributed by atoms with Crippen molar-refractivity contribution in [1.29, 1.82) is 0 Å². The zero-order valence-electron chi connectivity index (χ0n) is 10.2. The van der Waals surface area contributed by atoms with Gasteiger partial charge in [0.25, 0.3) is 0 Å². The zero-order valence-corrected chi connectivity index (χ0v) is 10.2. The molecule has 0 bridgehead atoms. The van der Waals surface area contributed by atoms with Gasteiger partial charge in [-0.2, -0.15) is 0 Å². The summed E-state index contributed by atoms with van der Waals surface area (Å²) in [4.78, 5) is 17.1. The molecule has 2 heterocycles.